The number of imidazole rings is 1. The van der Waals surface area contributed by atoms with E-state index in [-0.39, 0.29) is 11.6 Å². The van der Waals surface area contributed by atoms with Gasteiger partial charge in [0.1, 0.15) is 18.9 Å². The summed E-state index contributed by atoms with van der Waals surface area (Å²) in [7, 11) is 0. The molecule has 0 fully saturated rings. The zero-order valence-electron chi connectivity index (χ0n) is 16.1. The summed E-state index contributed by atoms with van der Waals surface area (Å²) in [6, 6.07) is 14.7. The SMILES string of the molecule is O=C(Nc1ccc2nc(-c3ccc4c(c3)OCCO4)cn2c1)c1ccc([N+](=O)[O-])cc1. The predicted molar refractivity (Wildman–Crippen MR) is 113 cm³/mol. The molecule has 2 aromatic heterocycles. The van der Waals surface area contributed by atoms with Gasteiger partial charge in [0, 0.05) is 35.7 Å². The Kier molecular flexibility index (Phi) is 4.47. The van der Waals surface area contributed by atoms with Gasteiger partial charge >= 0.3 is 0 Å². The van der Waals surface area contributed by atoms with Crippen LogP contribution >= 0.6 is 0 Å². The van der Waals surface area contributed by atoms with E-state index in [0.717, 1.165) is 22.7 Å². The second-order valence-electron chi connectivity index (χ2n) is 6.93. The number of carbonyl (C=O) groups excluding carboxylic acids is 1. The molecular weight excluding hydrogens is 400 g/mol. The quantitative estimate of drug-likeness (QED) is 0.399. The summed E-state index contributed by atoms with van der Waals surface area (Å²) in [5, 5.41) is 13.6. The smallest absolute Gasteiger partial charge is 0.269 e. The van der Waals surface area contributed by atoms with Crippen LogP contribution in [-0.2, 0) is 0 Å². The first kappa shape index (κ1) is 18.6. The van der Waals surface area contributed by atoms with Crippen molar-refractivity contribution in [3.63, 3.8) is 0 Å². The molecule has 0 saturated heterocycles. The molecule has 1 amide bonds. The summed E-state index contributed by atoms with van der Waals surface area (Å²) < 4.78 is 13.0. The zero-order valence-corrected chi connectivity index (χ0v) is 16.1. The topological polar surface area (TPSA) is 108 Å². The number of nitrogens with zero attached hydrogens (tertiary/aromatic N) is 3. The van der Waals surface area contributed by atoms with Crippen molar-refractivity contribution >= 4 is 22.9 Å². The van der Waals surface area contributed by atoms with Crippen LogP contribution in [0.2, 0.25) is 0 Å². The zero-order chi connectivity index (χ0) is 21.4. The van der Waals surface area contributed by atoms with Crippen molar-refractivity contribution in [3.05, 3.63) is 82.7 Å². The largest absolute Gasteiger partial charge is 0.486 e. The molecule has 0 radical (unpaired) electrons. The van der Waals surface area contributed by atoms with Crippen LogP contribution in [0.5, 0.6) is 11.5 Å². The molecule has 9 heteroatoms. The standard InChI is InChI=1S/C22H16N4O5/c27-22(14-1-5-17(6-2-14)26(28)29)23-16-4-8-21-24-18(13-25(21)12-16)15-3-7-19-20(11-15)31-10-9-30-19/h1-8,11-13H,9-10H2,(H,23,27). The first-order valence-electron chi connectivity index (χ1n) is 9.51. The Morgan fingerprint density at radius 2 is 1.77 bits per heavy atom. The maximum Gasteiger partial charge on any atom is 0.269 e. The lowest BCUT2D eigenvalue weighted by molar-refractivity contribution is -0.384. The Balaban J connectivity index is 1.38. The third kappa shape index (κ3) is 3.64. The Morgan fingerprint density at radius 1 is 1.00 bits per heavy atom. The fourth-order valence-electron chi connectivity index (χ4n) is 3.35. The average Bonchev–Trinajstić information content (AvgIpc) is 3.22. The van der Waals surface area contributed by atoms with Gasteiger partial charge in [0.25, 0.3) is 11.6 Å². The summed E-state index contributed by atoms with van der Waals surface area (Å²) in [6.07, 6.45) is 3.62. The lowest BCUT2D eigenvalue weighted by atomic mass is 10.1. The molecule has 0 atom stereocenters. The molecule has 2 aromatic carbocycles. The number of amides is 1. The van der Waals surface area contributed by atoms with E-state index in [1.165, 1.54) is 24.3 Å². The molecule has 0 unspecified atom stereocenters. The molecule has 0 aliphatic carbocycles. The van der Waals surface area contributed by atoms with Crippen molar-refractivity contribution in [2.24, 2.45) is 0 Å². The predicted octanol–water partition coefficient (Wildman–Crippen LogP) is 3.93. The van der Waals surface area contributed by atoms with Crippen LogP contribution in [0.25, 0.3) is 16.9 Å². The van der Waals surface area contributed by atoms with E-state index in [1.54, 1.807) is 18.3 Å². The Labute approximate surface area is 176 Å². The van der Waals surface area contributed by atoms with Crippen molar-refractivity contribution in [2.75, 3.05) is 18.5 Å². The van der Waals surface area contributed by atoms with Crippen LogP contribution < -0.4 is 14.8 Å². The number of ether oxygens (including phenoxy) is 2. The minimum atomic E-state index is -0.506. The minimum absolute atomic E-state index is 0.0666. The van der Waals surface area contributed by atoms with Crippen LogP contribution in [-0.4, -0.2) is 33.4 Å². The number of fused-ring (bicyclic) bond motifs is 2. The number of hydrogen-bond donors (Lipinski definition) is 1. The highest BCUT2D eigenvalue weighted by Gasteiger charge is 2.14. The van der Waals surface area contributed by atoms with Crippen molar-refractivity contribution in [3.8, 4) is 22.8 Å². The molecule has 4 aromatic rings. The van der Waals surface area contributed by atoms with E-state index in [4.69, 9.17) is 9.47 Å². The molecule has 0 spiro atoms. The minimum Gasteiger partial charge on any atom is -0.486 e. The monoisotopic (exact) mass is 416 g/mol. The Hall–Kier alpha value is -4.40. The summed E-state index contributed by atoms with van der Waals surface area (Å²) in [5.74, 6) is 1.05. The van der Waals surface area contributed by atoms with Gasteiger partial charge in [-0.3, -0.25) is 14.9 Å². The van der Waals surface area contributed by atoms with Crippen molar-refractivity contribution in [1.29, 1.82) is 0 Å². The number of hydrogen-bond acceptors (Lipinski definition) is 6. The number of anilines is 1. The van der Waals surface area contributed by atoms with Gasteiger partial charge in [-0.2, -0.15) is 0 Å². The van der Waals surface area contributed by atoms with Crippen LogP contribution in [0.4, 0.5) is 11.4 Å². The fourth-order valence-corrected chi connectivity index (χ4v) is 3.35. The van der Waals surface area contributed by atoms with Gasteiger partial charge in [-0.1, -0.05) is 0 Å². The number of pyridine rings is 1. The average molecular weight is 416 g/mol. The lowest BCUT2D eigenvalue weighted by Gasteiger charge is -2.18. The molecule has 3 heterocycles. The Morgan fingerprint density at radius 3 is 2.55 bits per heavy atom. The molecule has 0 bridgehead atoms. The van der Waals surface area contributed by atoms with E-state index in [0.29, 0.717) is 30.2 Å². The van der Waals surface area contributed by atoms with E-state index in [1.807, 2.05) is 28.8 Å². The summed E-state index contributed by atoms with van der Waals surface area (Å²) in [5.41, 5.74) is 3.21. The number of nitro benzene ring substituents is 1. The van der Waals surface area contributed by atoms with Crippen molar-refractivity contribution in [1.82, 2.24) is 9.38 Å². The second kappa shape index (κ2) is 7.45. The first-order valence-corrected chi connectivity index (χ1v) is 9.51. The third-order valence-electron chi connectivity index (χ3n) is 4.89. The van der Waals surface area contributed by atoms with Crippen molar-refractivity contribution < 1.29 is 19.2 Å². The number of benzene rings is 2. The molecule has 0 saturated carbocycles. The van der Waals surface area contributed by atoms with E-state index in [2.05, 4.69) is 10.3 Å². The lowest BCUT2D eigenvalue weighted by Crippen LogP contribution is -2.15. The molecular formula is C22H16N4O5. The molecule has 9 nitrogen and oxygen atoms in total. The Bertz CT molecular complexity index is 1310. The summed E-state index contributed by atoms with van der Waals surface area (Å²) >= 11 is 0. The summed E-state index contributed by atoms with van der Waals surface area (Å²) in [4.78, 5) is 27.3. The number of non-ortho nitro benzene ring substituents is 1. The van der Waals surface area contributed by atoms with Gasteiger partial charge in [-0.05, 0) is 42.5 Å². The normalized spacial score (nSPS) is 12.5. The van der Waals surface area contributed by atoms with Crippen molar-refractivity contribution in [2.45, 2.75) is 0 Å². The maximum atomic E-state index is 12.5. The molecule has 1 aliphatic rings. The van der Waals surface area contributed by atoms with Gasteiger partial charge < -0.3 is 19.2 Å². The fraction of sp³-hybridized carbons (Fsp3) is 0.0909. The maximum absolute atomic E-state index is 12.5. The van der Waals surface area contributed by atoms with Gasteiger partial charge in [-0.25, -0.2) is 4.98 Å². The summed E-state index contributed by atoms with van der Waals surface area (Å²) in [6.45, 7) is 1.05. The van der Waals surface area contributed by atoms with Gasteiger partial charge in [0.05, 0.1) is 16.3 Å². The molecule has 31 heavy (non-hydrogen) atoms. The van der Waals surface area contributed by atoms with Crippen LogP contribution in [0, 0.1) is 10.1 Å². The number of nitro groups is 1. The highest BCUT2D eigenvalue weighted by atomic mass is 16.6. The van der Waals surface area contributed by atoms with Gasteiger partial charge in [-0.15, -0.1) is 0 Å². The van der Waals surface area contributed by atoms with E-state index in [9.17, 15) is 14.9 Å². The number of nitrogens with one attached hydrogen (secondary N) is 1. The van der Waals surface area contributed by atoms with Crippen LogP contribution in [0.15, 0.2) is 67.0 Å². The number of carbonyl (C=O) groups is 1. The van der Waals surface area contributed by atoms with Crippen LogP contribution in [0.1, 0.15) is 10.4 Å². The number of rotatable bonds is 4. The van der Waals surface area contributed by atoms with Gasteiger partial charge in [0.15, 0.2) is 11.5 Å². The van der Waals surface area contributed by atoms with Gasteiger partial charge in [0.2, 0.25) is 0 Å². The van der Waals surface area contributed by atoms with Crippen LogP contribution in [0.3, 0.4) is 0 Å². The molecule has 1 N–H and O–H groups in total. The highest BCUT2D eigenvalue weighted by molar-refractivity contribution is 6.04. The van der Waals surface area contributed by atoms with E-state index < -0.39 is 4.92 Å². The molecule has 154 valence electrons. The van der Waals surface area contributed by atoms with E-state index >= 15 is 0 Å². The molecule has 5 rings (SSSR count). The molecule has 1 aliphatic heterocycles. The second-order valence-corrected chi connectivity index (χ2v) is 6.93. The highest BCUT2D eigenvalue weighted by Crippen LogP contribution is 2.34. The first-order chi connectivity index (χ1) is 15.1. The number of aromatic nitrogens is 2. The third-order valence-corrected chi connectivity index (χ3v) is 4.89.